The first-order chi connectivity index (χ1) is 20.8. The molecule has 0 aliphatic rings. The molecule has 0 atom stereocenters. The normalized spacial score (nSPS) is 11.5. The van der Waals surface area contributed by atoms with Gasteiger partial charge in [0.05, 0.1) is 22.8 Å². The first-order valence-electron chi connectivity index (χ1n) is 16.9. The second kappa shape index (κ2) is 19.0. The molecule has 0 saturated carbocycles. The Kier molecular flexibility index (Phi) is 17.0. The minimum atomic E-state index is 0.440. The fourth-order valence-electron chi connectivity index (χ4n) is 3.96. The Morgan fingerprint density at radius 2 is 1.18 bits per heavy atom. The molecule has 0 bridgehead atoms. The standard InChI is InChI=1S/C10H18N2.C9H16N2.C9H15NO.C9H15NS/c1-7(2)9-6-12(5)10(11-9)8(3)4;1-7(2)9-5-6-11(10-9)8(3)4;2*1-6(2)8-5-9(7(3)4)11-10-8/h6-8H,1-5H3;5-8H,1-4H3;2*5-7H,1-4H3. The van der Waals surface area contributed by atoms with Gasteiger partial charge in [-0.05, 0) is 67.1 Å². The summed E-state index contributed by atoms with van der Waals surface area (Å²) in [5, 5.41) is 8.39. The van der Waals surface area contributed by atoms with E-state index in [4.69, 9.17) is 4.52 Å². The van der Waals surface area contributed by atoms with Crippen LogP contribution in [-0.2, 0) is 7.05 Å². The molecule has 0 aliphatic carbocycles. The van der Waals surface area contributed by atoms with Gasteiger partial charge in [-0.2, -0.15) is 9.47 Å². The van der Waals surface area contributed by atoms with Crippen LogP contribution in [0.4, 0.5) is 0 Å². The molecule has 4 heterocycles. The second-order valence-corrected chi connectivity index (χ2v) is 15.2. The van der Waals surface area contributed by atoms with Gasteiger partial charge in [0.15, 0.2) is 0 Å². The fraction of sp³-hybridized carbons (Fsp3) is 0.676. The van der Waals surface area contributed by atoms with E-state index in [-0.39, 0.29) is 0 Å². The van der Waals surface area contributed by atoms with Crippen molar-refractivity contribution in [2.24, 2.45) is 7.05 Å². The number of hydrogen-bond acceptors (Lipinski definition) is 6. The van der Waals surface area contributed by atoms with Crippen molar-refractivity contribution in [3.8, 4) is 0 Å². The lowest BCUT2D eigenvalue weighted by atomic mass is 10.1. The first-order valence-corrected chi connectivity index (χ1v) is 17.6. The SMILES string of the molecule is CC(C)c1cc(C(C)C)on1.CC(C)c1cc(C(C)C)sn1.CC(C)c1ccn(C(C)C)n1.CC(C)c1cn(C)c(C(C)C)n1. The molecule has 0 saturated heterocycles. The van der Waals surface area contributed by atoms with E-state index < -0.39 is 0 Å². The molecule has 4 aromatic rings. The third-order valence-corrected chi connectivity index (χ3v) is 8.30. The molecule has 0 amide bonds. The minimum Gasteiger partial charge on any atom is -0.361 e. The summed E-state index contributed by atoms with van der Waals surface area (Å²) in [6, 6.07) is 6.82. The van der Waals surface area contributed by atoms with E-state index in [2.05, 4.69) is 160 Å². The molecule has 7 nitrogen and oxygen atoms in total. The molecule has 0 fully saturated rings. The lowest BCUT2D eigenvalue weighted by Crippen LogP contribution is -2.02. The molecule has 4 aromatic heterocycles. The van der Waals surface area contributed by atoms with Crippen molar-refractivity contribution in [3.63, 3.8) is 0 Å². The summed E-state index contributed by atoms with van der Waals surface area (Å²) >= 11 is 1.64. The van der Waals surface area contributed by atoms with Gasteiger partial charge in [0, 0.05) is 48.3 Å². The van der Waals surface area contributed by atoms with E-state index in [1.165, 1.54) is 27.8 Å². The van der Waals surface area contributed by atoms with E-state index in [9.17, 15) is 0 Å². The smallest absolute Gasteiger partial charge is 0.139 e. The maximum atomic E-state index is 5.14. The molecular formula is C37H64N6OS. The lowest BCUT2D eigenvalue weighted by Gasteiger charge is -2.04. The van der Waals surface area contributed by atoms with Gasteiger partial charge in [-0.25, -0.2) is 4.98 Å². The van der Waals surface area contributed by atoms with E-state index in [1.54, 1.807) is 11.5 Å². The van der Waals surface area contributed by atoms with Crippen LogP contribution in [0, 0.1) is 0 Å². The maximum Gasteiger partial charge on any atom is 0.139 e. The van der Waals surface area contributed by atoms with Gasteiger partial charge >= 0.3 is 0 Å². The summed E-state index contributed by atoms with van der Waals surface area (Å²) in [6.07, 6.45) is 4.17. The zero-order valence-electron chi connectivity index (χ0n) is 31.5. The van der Waals surface area contributed by atoms with Crippen LogP contribution in [-0.4, -0.2) is 28.9 Å². The van der Waals surface area contributed by atoms with Crippen molar-refractivity contribution in [2.45, 2.75) is 158 Å². The van der Waals surface area contributed by atoms with Gasteiger partial charge in [0.25, 0.3) is 0 Å². The number of imidazole rings is 1. The summed E-state index contributed by atoms with van der Waals surface area (Å²) in [5.74, 6) is 5.84. The van der Waals surface area contributed by atoms with Crippen LogP contribution in [0.3, 0.4) is 0 Å². The van der Waals surface area contributed by atoms with Crippen LogP contribution >= 0.6 is 11.5 Å². The zero-order valence-corrected chi connectivity index (χ0v) is 32.3. The predicted octanol–water partition coefficient (Wildman–Crippen LogP) is 11.6. The van der Waals surface area contributed by atoms with Gasteiger partial charge in [-0.15, -0.1) is 0 Å². The average molecular weight is 641 g/mol. The molecule has 0 unspecified atom stereocenters. The highest BCUT2D eigenvalue weighted by Gasteiger charge is 2.11. The molecule has 0 radical (unpaired) electrons. The molecule has 45 heavy (non-hydrogen) atoms. The van der Waals surface area contributed by atoms with E-state index >= 15 is 0 Å². The third-order valence-electron chi connectivity index (χ3n) is 7.20. The third kappa shape index (κ3) is 13.6. The Morgan fingerprint density at radius 3 is 1.44 bits per heavy atom. The van der Waals surface area contributed by atoms with E-state index in [0.717, 1.165) is 11.5 Å². The van der Waals surface area contributed by atoms with Crippen LogP contribution in [0.25, 0.3) is 0 Å². The van der Waals surface area contributed by atoms with Crippen molar-refractivity contribution < 1.29 is 4.52 Å². The van der Waals surface area contributed by atoms with Crippen molar-refractivity contribution in [1.29, 1.82) is 0 Å². The summed E-state index contributed by atoms with van der Waals surface area (Å²) in [5.41, 5.74) is 4.66. The Morgan fingerprint density at radius 1 is 0.622 bits per heavy atom. The van der Waals surface area contributed by atoms with Gasteiger partial charge in [0.1, 0.15) is 11.6 Å². The molecule has 0 N–H and O–H groups in total. The monoisotopic (exact) mass is 640 g/mol. The summed E-state index contributed by atoms with van der Waals surface area (Å²) < 4.78 is 13.6. The van der Waals surface area contributed by atoms with Crippen LogP contribution < -0.4 is 0 Å². The van der Waals surface area contributed by atoms with Gasteiger partial charge in [0.2, 0.25) is 0 Å². The summed E-state index contributed by atoms with van der Waals surface area (Å²) in [4.78, 5) is 5.97. The minimum absolute atomic E-state index is 0.440. The van der Waals surface area contributed by atoms with Crippen molar-refractivity contribution in [2.75, 3.05) is 0 Å². The molecule has 0 aliphatic heterocycles. The van der Waals surface area contributed by atoms with Crippen LogP contribution in [0.15, 0.2) is 35.1 Å². The molecule has 4 rings (SSSR count). The average Bonchev–Trinajstić information content (AvgIpc) is 3.75. The maximum absolute atomic E-state index is 5.14. The number of nitrogens with zero attached hydrogens (tertiary/aromatic N) is 6. The highest BCUT2D eigenvalue weighted by atomic mass is 32.1. The Labute approximate surface area is 279 Å². The molecule has 0 spiro atoms. The molecule has 254 valence electrons. The van der Waals surface area contributed by atoms with Gasteiger partial charge < -0.3 is 9.09 Å². The van der Waals surface area contributed by atoms with Crippen LogP contribution in [0.5, 0.6) is 0 Å². The van der Waals surface area contributed by atoms with E-state index in [1.807, 2.05) is 16.9 Å². The quantitative estimate of drug-likeness (QED) is 0.191. The number of hydrogen-bond donors (Lipinski definition) is 0. The molecule has 8 heteroatoms. The molecular weight excluding hydrogens is 577 g/mol. The van der Waals surface area contributed by atoms with Crippen LogP contribution in [0.1, 0.15) is 197 Å². The summed E-state index contributed by atoms with van der Waals surface area (Å²) in [7, 11) is 2.06. The Bertz CT molecular complexity index is 1160. The summed E-state index contributed by atoms with van der Waals surface area (Å²) in [6.45, 7) is 34.5. The van der Waals surface area contributed by atoms with Crippen molar-refractivity contribution >= 4 is 11.5 Å². The van der Waals surface area contributed by atoms with Gasteiger partial charge in [-0.1, -0.05) is 102 Å². The topological polar surface area (TPSA) is 74.6 Å². The number of rotatable bonds is 8. The molecule has 0 aromatic carbocycles. The van der Waals surface area contributed by atoms with Crippen molar-refractivity contribution in [3.05, 3.63) is 69.8 Å². The van der Waals surface area contributed by atoms with E-state index in [0.29, 0.717) is 47.5 Å². The second-order valence-electron chi connectivity index (χ2n) is 14.3. The lowest BCUT2D eigenvalue weighted by molar-refractivity contribution is 0.363. The zero-order chi connectivity index (χ0) is 34.6. The first kappa shape index (κ1) is 40.3. The number of aryl methyl sites for hydroxylation is 1. The Balaban J connectivity index is 0.000000300. The highest BCUT2D eigenvalue weighted by Crippen LogP contribution is 2.24. The highest BCUT2D eigenvalue weighted by molar-refractivity contribution is 7.05. The fourth-order valence-corrected chi connectivity index (χ4v) is 4.82. The van der Waals surface area contributed by atoms with Crippen LogP contribution in [0.2, 0.25) is 0 Å². The Hall–Kier alpha value is -2.74. The predicted molar refractivity (Wildman–Crippen MR) is 193 cm³/mol. The van der Waals surface area contributed by atoms with Gasteiger partial charge in [-0.3, -0.25) is 4.68 Å². The number of aromatic nitrogens is 6. The largest absolute Gasteiger partial charge is 0.361 e. The van der Waals surface area contributed by atoms with Crippen molar-refractivity contribution in [1.82, 2.24) is 28.9 Å².